The van der Waals surface area contributed by atoms with Crippen LogP contribution in [0.5, 0.6) is 5.75 Å². The molecule has 4 rings (SSSR count). The molecule has 0 spiro atoms. The molecule has 5 heteroatoms. The first-order valence-corrected chi connectivity index (χ1v) is 9.14. The van der Waals surface area contributed by atoms with E-state index in [0.717, 1.165) is 50.0 Å². The second-order valence-electron chi connectivity index (χ2n) is 7.48. The van der Waals surface area contributed by atoms with Crippen LogP contribution in [0.4, 0.5) is 0 Å². The van der Waals surface area contributed by atoms with Crippen LogP contribution in [0.2, 0.25) is 0 Å². The van der Waals surface area contributed by atoms with Gasteiger partial charge in [0, 0.05) is 44.8 Å². The Bertz CT molecular complexity index is 577. The number of hydrogen-bond donors (Lipinski definition) is 0. The van der Waals surface area contributed by atoms with Crippen molar-refractivity contribution in [3.63, 3.8) is 0 Å². The van der Waals surface area contributed by atoms with Gasteiger partial charge in [0.25, 0.3) is 5.91 Å². The summed E-state index contributed by atoms with van der Waals surface area (Å²) in [5.74, 6) is 1.95. The first-order valence-electron chi connectivity index (χ1n) is 9.14. The minimum atomic E-state index is 0.132. The van der Waals surface area contributed by atoms with Crippen molar-refractivity contribution < 1.29 is 9.53 Å². The third kappa shape index (κ3) is 3.90. The number of nitrogens with zero attached hydrogens (tertiary/aromatic N) is 3. The predicted octanol–water partition coefficient (Wildman–Crippen LogP) is 1.55. The van der Waals surface area contributed by atoms with Crippen molar-refractivity contribution in [2.75, 3.05) is 52.9 Å². The van der Waals surface area contributed by atoms with Gasteiger partial charge in [0.1, 0.15) is 12.4 Å². The van der Waals surface area contributed by atoms with Crippen molar-refractivity contribution in [3.05, 3.63) is 29.8 Å². The fourth-order valence-corrected chi connectivity index (χ4v) is 3.32. The molecule has 2 saturated heterocycles. The van der Waals surface area contributed by atoms with E-state index in [-0.39, 0.29) is 5.91 Å². The molecule has 3 aliphatic rings. The van der Waals surface area contributed by atoms with Crippen LogP contribution < -0.4 is 4.74 Å². The van der Waals surface area contributed by atoms with Crippen molar-refractivity contribution in [2.24, 2.45) is 5.92 Å². The Hall–Kier alpha value is -1.59. The van der Waals surface area contributed by atoms with E-state index < -0.39 is 0 Å². The van der Waals surface area contributed by atoms with E-state index >= 15 is 0 Å². The Morgan fingerprint density at radius 1 is 1.12 bits per heavy atom. The van der Waals surface area contributed by atoms with Crippen molar-refractivity contribution in [3.8, 4) is 5.75 Å². The van der Waals surface area contributed by atoms with Gasteiger partial charge in [-0.3, -0.25) is 9.69 Å². The van der Waals surface area contributed by atoms with E-state index in [2.05, 4.69) is 16.8 Å². The summed E-state index contributed by atoms with van der Waals surface area (Å²) in [6.07, 6.45) is 2.82. The molecule has 2 atom stereocenters. The smallest absolute Gasteiger partial charge is 0.253 e. The molecule has 1 aromatic rings. The number of carbonyl (C=O) groups is 1. The summed E-state index contributed by atoms with van der Waals surface area (Å²) in [5, 5.41) is 0. The Morgan fingerprint density at radius 3 is 2.50 bits per heavy atom. The van der Waals surface area contributed by atoms with E-state index in [0.29, 0.717) is 6.04 Å². The van der Waals surface area contributed by atoms with Crippen molar-refractivity contribution in [1.82, 2.24) is 14.7 Å². The number of benzene rings is 1. The van der Waals surface area contributed by atoms with Crippen molar-refractivity contribution >= 4 is 5.91 Å². The standard InChI is InChI=1S/C19H27N3O2/c1-20-8-10-21(11-9-20)19(23)16-4-6-18(7-5-16)24-14-17-13-22(17)12-15-2-3-15/h4-7,15,17H,2-3,8-14H2,1H3. The molecule has 0 N–H and O–H groups in total. The molecule has 1 aromatic carbocycles. The topological polar surface area (TPSA) is 35.8 Å². The molecule has 1 amide bonds. The Kier molecular flexibility index (Phi) is 4.46. The van der Waals surface area contributed by atoms with E-state index in [9.17, 15) is 4.79 Å². The Morgan fingerprint density at radius 2 is 1.83 bits per heavy atom. The van der Waals surface area contributed by atoms with E-state index in [1.54, 1.807) is 0 Å². The first kappa shape index (κ1) is 15.9. The summed E-state index contributed by atoms with van der Waals surface area (Å²) in [5.41, 5.74) is 0.758. The molecular weight excluding hydrogens is 302 g/mol. The van der Waals surface area contributed by atoms with Crippen LogP contribution in [0.25, 0.3) is 0 Å². The zero-order valence-electron chi connectivity index (χ0n) is 14.5. The number of ether oxygens (including phenoxy) is 1. The van der Waals surface area contributed by atoms with Gasteiger partial charge in [-0.25, -0.2) is 0 Å². The third-order valence-electron chi connectivity index (χ3n) is 5.35. The summed E-state index contributed by atoms with van der Waals surface area (Å²) in [6.45, 7) is 6.72. The lowest BCUT2D eigenvalue weighted by atomic mass is 10.1. The summed E-state index contributed by atoms with van der Waals surface area (Å²) in [4.78, 5) is 19.2. The maximum Gasteiger partial charge on any atom is 0.253 e. The highest BCUT2D eigenvalue weighted by atomic mass is 16.5. The lowest BCUT2D eigenvalue weighted by Crippen LogP contribution is -2.47. The van der Waals surface area contributed by atoms with Crippen LogP contribution in [0.15, 0.2) is 24.3 Å². The third-order valence-corrected chi connectivity index (χ3v) is 5.35. The zero-order valence-corrected chi connectivity index (χ0v) is 14.5. The molecule has 5 nitrogen and oxygen atoms in total. The molecule has 0 aromatic heterocycles. The first-order chi connectivity index (χ1) is 11.7. The zero-order chi connectivity index (χ0) is 16.5. The van der Waals surface area contributed by atoms with Gasteiger partial charge in [-0.1, -0.05) is 0 Å². The SMILES string of the molecule is CN1CCN(C(=O)c2ccc(OCC3CN3CC3CC3)cc2)CC1. The van der Waals surface area contributed by atoms with Gasteiger partial charge in [0.05, 0.1) is 6.04 Å². The van der Waals surface area contributed by atoms with Crippen LogP contribution >= 0.6 is 0 Å². The molecular formula is C19H27N3O2. The number of carbonyl (C=O) groups excluding carboxylic acids is 1. The van der Waals surface area contributed by atoms with Gasteiger partial charge in [-0.2, -0.15) is 0 Å². The fourth-order valence-electron chi connectivity index (χ4n) is 3.32. The van der Waals surface area contributed by atoms with Gasteiger partial charge >= 0.3 is 0 Å². The summed E-state index contributed by atoms with van der Waals surface area (Å²) in [7, 11) is 2.10. The molecule has 24 heavy (non-hydrogen) atoms. The van der Waals surface area contributed by atoms with Crippen molar-refractivity contribution in [2.45, 2.75) is 18.9 Å². The normalized spacial score (nSPS) is 27.1. The van der Waals surface area contributed by atoms with Crippen LogP contribution in [0.3, 0.4) is 0 Å². The number of rotatable bonds is 6. The quantitative estimate of drug-likeness (QED) is 0.742. The highest BCUT2D eigenvalue weighted by molar-refractivity contribution is 5.94. The molecule has 0 radical (unpaired) electrons. The predicted molar refractivity (Wildman–Crippen MR) is 93.4 cm³/mol. The van der Waals surface area contributed by atoms with Gasteiger partial charge in [0.2, 0.25) is 0 Å². The largest absolute Gasteiger partial charge is 0.492 e. The highest BCUT2D eigenvalue weighted by Gasteiger charge is 2.38. The van der Waals surface area contributed by atoms with Gasteiger partial charge in [-0.05, 0) is 50.1 Å². The molecule has 1 saturated carbocycles. The van der Waals surface area contributed by atoms with Gasteiger partial charge < -0.3 is 14.5 Å². The Labute approximate surface area is 144 Å². The maximum atomic E-state index is 12.5. The summed E-state index contributed by atoms with van der Waals surface area (Å²) < 4.78 is 5.88. The maximum absolute atomic E-state index is 12.5. The second kappa shape index (κ2) is 6.73. The second-order valence-corrected chi connectivity index (χ2v) is 7.48. The van der Waals surface area contributed by atoms with Crippen LogP contribution in [0, 0.1) is 5.92 Å². The lowest BCUT2D eigenvalue weighted by molar-refractivity contribution is 0.0664. The molecule has 2 unspecified atom stereocenters. The average Bonchev–Trinajstić information content (AvgIpc) is 3.53. The average molecular weight is 329 g/mol. The van der Waals surface area contributed by atoms with Crippen LogP contribution in [0.1, 0.15) is 23.2 Å². The number of hydrogen-bond acceptors (Lipinski definition) is 4. The highest BCUT2D eigenvalue weighted by Crippen LogP contribution is 2.33. The lowest BCUT2D eigenvalue weighted by Gasteiger charge is -2.32. The van der Waals surface area contributed by atoms with Crippen LogP contribution in [-0.2, 0) is 0 Å². The number of amides is 1. The number of piperazine rings is 1. The van der Waals surface area contributed by atoms with Crippen molar-refractivity contribution in [1.29, 1.82) is 0 Å². The molecule has 130 valence electrons. The molecule has 0 bridgehead atoms. The molecule has 2 heterocycles. The molecule has 1 aliphatic carbocycles. The van der Waals surface area contributed by atoms with Gasteiger partial charge in [-0.15, -0.1) is 0 Å². The molecule has 2 aliphatic heterocycles. The summed E-state index contributed by atoms with van der Waals surface area (Å²) in [6, 6.07) is 8.24. The Balaban J connectivity index is 1.24. The monoisotopic (exact) mass is 329 g/mol. The molecule has 3 fully saturated rings. The van der Waals surface area contributed by atoms with E-state index in [1.807, 2.05) is 29.2 Å². The fraction of sp³-hybridized carbons (Fsp3) is 0.632. The van der Waals surface area contributed by atoms with Crippen LogP contribution in [-0.4, -0.2) is 79.6 Å². The summed E-state index contributed by atoms with van der Waals surface area (Å²) >= 11 is 0. The van der Waals surface area contributed by atoms with E-state index in [1.165, 1.54) is 25.9 Å². The minimum absolute atomic E-state index is 0.132. The van der Waals surface area contributed by atoms with Gasteiger partial charge in [0.15, 0.2) is 0 Å². The minimum Gasteiger partial charge on any atom is -0.492 e. The van der Waals surface area contributed by atoms with E-state index in [4.69, 9.17) is 4.74 Å². The number of likely N-dealkylation sites (N-methyl/N-ethyl adjacent to an activating group) is 1.